The van der Waals surface area contributed by atoms with Crippen LogP contribution >= 0.6 is 11.8 Å². The molecule has 2 atom stereocenters. The summed E-state index contributed by atoms with van der Waals surface area (Å²) in [5.74, 6) is 2.44. The summed E-state index contributed by atoms with van der Waals surface area (Å²) in [6.07, 6.45) is -1.13. The van der Waals surface area contributed by atoms with Crippen LogP contribution in [-0.4, -0.2) is 57.1 Å². The minimum absolute atomic E-state index is 0.123. The van der Waals surface area contributed by atoms with Crippen molar-refractivity contribution >= 4 is 11.8 Å². The molecule has 1 aliphatic heterocycles. The number of alkyl halides is 3. The standard InChI is InChI=1S/C23H26F3N5O2S/c1-14-19(33-13-27-14)20-28-29-21(30(20)2)34-8-4-7-31-11-16-10-22(16,12-31)15-5-6-18(32-3)17(9-15)23(24,25)26/h5-6,9,13,16H,4,7-8,10-12H2,1-3H3/t16-,22+/m0/s1. The number of hydrogen-bond acceptors (Lipinski definition) is 7. The zero-order valence-corrected chi connectivity index (χ0v) is 20.0. The average Bonchev–Trinajstić information content (AvgIpc) is 3.09. The largest absolute Gasteiger partial charge is 0.496 e. The van der Waals surface area contributed by atoms with Gasteiger partial charge in [0.1, 0.15) is 5.75 Å². The summed E-state index contributed by atoms with van der Waals surface area (Å²) in [7, 11) is 3.18. The summed E-state index contributed by atoms with van der Waals surface area (Å²) in [5.41, 5.74) is 0.697. The smallest absolute Gasteiger partial charge is 0.419 e. The van der Waals surface area contributed by atoms with Gasteiger partial charge in [-0.05, 0) is 49.9 Å². The van der Waals surface area contributed by atoms with E-state index in [1.54, 1.807) is 17.8 Å². The zero-order chi connectivity index (χ0) is 24.1. The van der Waals surface area contributed by atoms with Crippen molar-refractivity contribution in [2.24, 2.45) is 13.0 Å². The van der Waals surface area contributed by atoms with Gasteiger partial charge in [-0.1, -0.05) is 17.8 Å². The van der Waals surface area contributed by atoms with E-state index in [1.807, 2.05) is 18.5 Å². The molecule has 1 saturated heterocycles. The van der Waals surface area contributed by atoms with Crippen molar-refractivity contribution in [3.8, 4) is 17.3 Å². The Labute approximate surface area is 199 Å². The van der Waals surface area contributed by atoms with Crippen LogP contribution in [0.25, 0.3) is 11.6 Å². The normalized spacial score (nSPS) is 22.2. The van der Waals surface area contributed by atoms with E-state index in [2.05, 4.69) is 20.1 Å². The maximum absolute atomic E-state index is 13.5. The molecule has 3 aromatic rings. The molecule has 2 aromatic heterocycles. The summed E-state index contributed by atoms with van der Waals surface area (Å²) < 4.78 is 52.7. The van der Waals surface area contributed by atoms with Crippen LogP contribution in [-0.2, 0) is 18.6 Å². The summed E-state index contributed by atoms with van der Waals surface area (Å²) in [5, 5.41) is 9.31. The minimum atomic E-state index is -4.43. The molecule has 0 amide bonds. The molecule has 34 heavy (non-hydrogen) atoms. The SMILES string of the molecule is COc1ccc([C@]23C[C@H]2CN(CCCSc2nnc(-c4ocnc4C)n2C)C3)cc1C(F)(F)F. The molecular weight excluding hydrogens is 467 g/mol. The highest BCUT2D eigenvalue weighted by Gasteiger charge is 2.60. The van der Waals surface area contributed by atoms with Crippen LogP contribution in [0.15, 0.2) is 34.2 Å². The first kappa shape index (κ1) is 23.2. The zero-order valence-electron chi connectivity index (χ0n) is 19.2. The molecule has 182 valence electrons. The van der Waals surface area contributed by atoms with Crippen molar-refractivity contribution < 1.29 is 22.3 Å². The number of ether oxygens (including phenoxy) is 1. The van der Waals surface area contributed by atoms with Gasteiger partial charge in [0.25, 0.3) is 0 Å². The summed E-state index contributed by atoms with van der Waals surface area (Å²) in [4.78, 5) is 6.47. The number of oxazole rings is 1. The Morgan fingerprint density at radius 2 is 2.12 bits per heavy atom. The molecule has 1 aromatic carbocycles. The number of halogens is 3. The molecule has 0 N–H and O–H groups in total. The van der Waals surface area contributed by atoms with Crippen molar-refractivity contribution in [2.45, 2.75) is 36.5 Å². The van der Waals surface area contributed by atoms with Crippen molar-refractivity contribution in [1.82, 2.24) is 24.6 Å². The third-order valence-corrected chi connectivity index (χ3v) is 8.04. The number of methoxy groups -OCH3 is 1. The molecule has 2 fully saturated rings. The first-order valence-corrected chi connectivity index (χ1v) is 12.1. The van der Waals surface area contributed by atoms with E-state index in [4.69, 9.17) is 9.15 Å². The number of piperidine rings is 1. The van der Waals surface area contributed by atoms with Crippen LogP contribution in [0.5, 0.6) is 5.75 Å². The van der Waals surface area contributed by atoms with Gasteiger partial charge in [-0.25, -0.2) is 4.98 Å². The number of hydrogen-bond donors (Lipinski definition) is 0. The first-order valence-electron chi connectivity index (χ1n) is 11.1. The molecule has 5 rings (SSSR count). The Kier molecular flexibility index (Phi) is 5.87. The Bertz CT molecular complexity index is 1190. The summed E-state index contributed by atoms with van der Waals surface area (Å²) >= 11 is 1.63. The van der Waals surface area contributed by atoms with Crippen LogP contribution in [0.3, 0.4) is 0 Å². The predicted octanol–water partition coefficient (Wildman–Crippen LogP) is 4.56. The molecule has 1 aliphatic carbocycles. The lowest BCUT2D eigenvalue weighted by Crippen LogP contribution is -2.28. The molecule has 7 nitrogen and oxygen atoms in total. The van der Waals surface area contributed by atoms with Crippen LogP contribution in [0, 0.1) is 12.8 Å². The highest BCUT2D eigenvalue weighted by Crippen LogP contribution is 2.59. The third-order valence-electron chi connectivity index (χ3n) is 6.93. The van der Waals surface area contributed by atoms with Gasteiger partial charge < -0.3 is 18.6 Å². The van der Waals surface area contributed by atoms with Gasteiger partial charge >= 0.3 is 6.18 Å². The molecule has 0 radical (unpaired) electrons. The van der Waals surface area contributed by atoms with Crippen LogP contribution < -0.4 is 4.74 Å². The number of likely N-dealkylation sites (tertiary alicyclic amines) is 1. The molecular formula is C23H26F3N5O2S. The second-order valence-electron chi connectivity index (χ2n) is 9.04. The Morgan fingerprint density at radius 1 is 1.29 bits per heavy atom. The lowest BCUT2D eigenvalue weighted by atomic mass is 9.93. The van der Waals surface area contributed by atoms with Gasteiger partial charge in [0.15, 0.2) is 17.3 Å². The van der Waals surface area contributed by atoms with E-state index < -0.39 is 11.7 Å². The molecule has 1 saturated carbocycles. The van der Waals surface area contributed by atoms with E-state index in [1.165, 1.54) is 25.6 Å². The van der Waals surface area contributed by atoms with Crippen LogP contribution in [0.4, 0.5) is 13.2 Å². The number of fused-ring (bicyclic) bond motifs is 1. The fraction of sp³-hybridized carbons (Fsp3) is 0.522. The van der Waals surface area contributed by atoms with E-state index in [9.17, 15) is 13.2 Å². The number of nitrogens with zero attached hydrogens (tertiary/aromatic N) is 5. The Hall–Kier alpha value is -2.53. The maximum Gasteiger partial charge on any atom is 0.419 e. The maximum atomic E-state index is 13.5. The lowest BCUT2D eigenvalue weighted by molar-refractivity contribution is -0.138. The Balaban J connectivity index is 1.17. The highest BCUT2D eigenvalue weighted by molar-refractivity contribution is 7.99. The van der Waals surface area contributed by atoms with E-state index in [0.717, 1.165) is 54.6 Å². The average molecular weight is 494 g/mol. The summed E-state index contributed by atoms with van der Waals surface area (Å²) in [6, 6.07) is 4.55. The quantitative estimate of drug-likeness (QED) is 0.337. The summed E-state index contributed by atoms with van der Waals surface area (Å²) in [6.45, 7) is 4.49. The van der Waals surface area contributed by atoms with Crippen LogP contribution in [0.2, 0.25) is 0 Å². The van der Waals surface area contributed by atoms with E-state index in [-0.39, 0.29) is 11.2 Å². The predicted molar refractivity (Wildman–Crippen MR) is 121 cm³/mol. The third kappa shape index (κ3) is 4.08. The molecule has 0 spiro atoms. The van der Waals surface area contributed by atoms with Gasteiger partial charge in [-0.2, -0.15) is 13.2 Å². The second kappa shape index (κ2) is 8.60. The van der Waals surface area contributed by atoms with Gasteiger partial charge in [0.2, 0.25) is 5.82 Å². The molecule has 0 unspecified atom stereocenters. The number of aryl methyl sites for hydroxylation is 1. The van der Waals surface area contributed by atoms with Gasteiger partial charge in [-0.15, -0.1) is 10.2 Å². The van der Waals surface area contributed by atoms with Crippen molar-refractivity contribution in [3.05, 3.63) is 41.4 Å². The van der Waals surface area contributed by atoms with Crippen LogP contribution in [0.1, 0.15) is 29.7 Å². The minimum Gasteiger partial charge on any atom is -0.496 e. The van der Waals surface area contributed by atoms with Gasteiger partial charge in [0, 0.05) is 31.3 Å². The van der Waals surface area contributed by atoms with Crippen molar-refractivity contribution in [1.29, 1.82) is 0 Å². The molecule has 3 heterocycles. The Morgan fingerprint density at radius 3 is 2.82 bits per heavy atom. The first-order chi connectivity index (χ1) is 16.2. The number of rotatable bonds is 8. The molecule has 11 heteroatoms. The number of aromatic nitrogens is 4. The molecule has 0 bridgehead atoms. The fourth-order valence-corrected chi connectivity index (χ4v) is 5.88. The van der Waals surface area contributed by atoms with Crippen molar-refractivity contribution in [2.75, 3.05) is 32.5 Å². The topological polar surface area (TPSA) is 69.2 Å². The van der Waals surface area contributed by atoms with E-state index >= 15 is 0 Å². The second-order valence-corrected chi connectivity index (χ2v) is 10.1. The highest BCUT2D eigenvalue weighted by atomic mass is 32.2. The monoisotopic (exact) mass is 493 g/mol. The van der Waals surface area contributed by atoms with Gasteiger partial charge in [0.05, 0.1) is 18.4 Å². The van der Waals surface area contributed by atoms with Crippen molar-refractivity contribution in [3.63, 3.8) is 0 Å². The number of benzene rings is 1. The van der Waals surface area contributed by atoms with E-state index in [0.29, 0.717) is 17.5 Å². The van der Waals surface area contributed by atoms with Gasteiger partial charge in [-0.3, -0.25) is 0 Å². The number of thioether (sulfide) groups is 1. The lowest BCUT2D eigenvalue weighted by Gasteiger charge is -2.22. The molecule has 2 aliphatic rings. The fourth-order valence-electron chi connectivity index (χ4n) is 5.05.